The molecular weight excluding hydrogens is 484 g/mol. The molecule has 10 N–H and O–H groups in total. The van der Waals surface area contributed by atoms with Gasteiger partial charge >= 0.3 is 5.97 Å². The van der Waals surface area contributed by atoms with E-state index in [0.717, 1.165) is 0 Å². The zero-order chi connectivity index (χ0) is 28.1. The lowest BCUT2D eigenvalue weighted by Crippen LogP contribution is -2.58. The molecule has 0 bridgehead atoms. The predicted octanol–water partition coefficient (Wildman–Crippen LogP) is -1.72. The zero-order valence-electron chi connectivity index (χ0n) is 20.9. The third-order valence-electron chi connectivity index (χ3n) is 5.77. The molecule has 0 fully saturated rings. The second-order valence-corrected chi connectivity index (χ2v) is 8.80. The van der Waals surface area contributed by atoms with Crippen LogP contribution in [0.5, 0.6) is 0 Å². The van der Waals surface area contributed by atoms with Gasteiger partial charge in [0.2, 0.25) is 29.5 Å². The van der Waals surface area contributed by atoms with E-state index in [0.29, 0.717) is 12.0 Å². The summed E-state index contributed by atoms with van der Waals surface area (Å²) in [5.41, 5.74) is 16.7. The molecule has 204 valence electrons. The Morgan fingerprint density at radius 2 is 1.43 bits per heavy atom. The van der Waals surface area contributed by atoms with Crippen LogP contribution in [0.1, 0.15) is 45.1 Å². The van der Waals surface area contributed by atoms with Gasteiger partial charge in [0, 0.05) is 12.8 Å². The average molecular weight is 521 g/mol. The first-order valence-corrected chi connectivity index (χ1v) is 11.9. The highest BCUT2D eigenvalue weighted by atomic mass is 16.4. The summed E-state index contributed by atoms with van der Waals surface area (Å²) in [5.74, 6) is -5.67. The van der Waals surface area contributed by atoms with E-state index < -0.39 is 72.0 Å². The van der Waals surface area contributed by atoms with Gasteiger partial charge in [0.15, 0.2) is 0 Å². The highest BCUT2D eigenvalue weighted by molar-refractivity contribution is 5.96. The SMILES string of the molecule is CCC(C)C(NC(=O)C(Cc1ccccc1)NC(=O)C(CC(N)=O)NC(=O)C(N)CCC(N)=O)C(=O)O. The van der Waals surface area contributed by atoms with Crippen LogP contribution in [0.3, 0.4) is 0 Å². The lowest BCUT2D eigenvalue weighted by Gasteiger charge is -2.26. The lowest BCUT2D eigenvalue weighted by atomic mass is 9.98. The number of hydrogen-bond donors (Lipinski definition) is 7. The minimum atomic E-state index is -1.47. The van der Waals surface area contributed by atoms with Gasteiger partial charge in [-0.25, -0.2) is 4.79 Å². The standard InChI is InChI=1S/C24H36N6O7/c1-3-13(2)20(24(36)37)30-23(35)16(11-14-7-5-4-6-8-14)29-22(34)17(12-19(27)32)28-21(33)15(25)9-10-18(26)31/h4-8,13,15-17,20H,3,9-12,25H2,1-2H3,(H2,26,31)(H2,27,32)(H,28,33)(H,29,34)(H,30,35)(H,36,37). The molecule has 0 spiro atoms. The summed E-state index contributed by atoms with van der Waals surface area (Å²) in [7, 11) is 0. The highest BCUT2D eigenvalue weighted by Gasteiger charge is 2.32. The van der Waals surface area contributed by atoms with Gasteiger partial charge in [0.05, 0.1) is 12.5 Å². The topological polar surface area (TPSA) is 237 Å². The molecular formula is C24H36N6O7. The summed E-state index contributed by atoms with van der Waals surface area (Å²) in [5, 5.41) is 16.8. The molecule has 0 aromatic heterocycles. The number of primary amides is 2. The number of amides is 5. The maximum Gasteiger partial charge on any atom is 0.326 e. The fraction of sp³-hybridized carbons (Fsp3) is 0.500. The first-order valence-electron chi connectivity index (χ1n) is 11.9. The monoisotopic (exact) mass is 520 g/mol. The summed E-state index contributed by atoms with van der Waals surface area (Å²) < 4.78 is 0. The quantitative estimate of drug-likeness (QED) is 0.132. The molecule has 0 radical (unpaired) electrons. The van der Waals surface area contributed by atoms with Gasteiger partial charge in [0.25, 0.3) is 0 Å². The van der Waals surface area contributed by atoms with E-state index in [-0.39, 0.29) is 19.3 Å². The van der Waals surface area contributed by atoms with E-state index in [2.05, 4.69) is 16.0 Å². The third kappa shape index (κ3) is 11.1. The van der Waals surface area contributed by atoms with Crippen LogP contribution in [0.25, 0.3) is 0 Å². The molecule has 0 heterocycles. The Kier molecular flexibility index (Phi) is 12.7. The Morgan fingerprint density at radius 3 is 1.95 bits per heavy atom. The van der Waals surface area contributed by atoms with Crippen LogP contribution < -0.4 is 33.2 Å². The molecule has 13 heteroatoms. The van der Waals surface area contributed by atoms with Crippen molar-refractivity contribution in [2.75, 3.05) is 0 Å². The lowest BCUT2D eigenvalue weighted by molar-refractivity contribution is -0.144. The fourth-order valence-electron chi connectivity index (χ4n) is 3.39. The Morgan fingerprint density at radius 1 is 0.865 bits per heavy atom. The Bertz CT molecular complexity index is 972. The van der Waals surface area contributed by atoms with Crippen molar-refractivity contribution in [1.29, 1.82) is 0 Å². The maximum atomic E-state index is 13.1. The Balaban J connectivity index is 3.13. The summed E-state index contributed by atoms with van der Waals surface area (Å²) in [6.07, 6.45) is -0.362. The Hall–Kier alpha value is -4.00. The van der Waals surface area contributed by atoms with E-state index in [1.807, 2.05) is 0 Å². The molecule has 0 saturated heterocycles. The van der Waals surface area contributed by atoms with Crippen molar-refractivity contribution in [2.45, 2.75) is 70.1 Å². The molecule has 0 saturated carbocycles. The first kappa shape index (κ1) is 31.0. The van der Waals surface area contributed by atoms with E-state index >= 15 is 0 Å². The molecule has 1 aromatic rings. The molecule has 0 aliphatic carbocycles. The van der Waals surface area contributed by atoms with Crippen LogP contribution in [0, 0.1) is 5.92 Å². The molecule has 0 aliphatic rings. The summed E-state index contributed by atoms with van der Waals surface area (Å²) in [6, 6.07) is 3.57. The number of rotatable bonds is 16. The number of nitrogens with one attached hydrogen (secondary N) is 3. The van der Waals surface area contributed by atoms with E-state index in [4.69, 9.17) is 17.2 Å². The molecule has 1 aromatic carbocycles. The van der Waals surface area contributed by atoms with Crippen molar-refractivity contribution in [3.8, 4) is 0 Å². The molecule has 5 unspecified atom stereocenters. The van der Waals surface area contributed by atoms with Gasteiger partial charge in [0.1, 0.15) is 18.1 Å². The normalized spacial score (nSPS) is 14.8. The molecule has 0 aliphatic heterocycles. The predicted molar refractivity (Wildman–Crippen MR) is 133 cm³/mol. The smallest absolute Gasteiger partial charge is 0.326 e. The largest absolute Gasteiger partial charge is 0.480 e. The minimum Gasteiger partial charge on any atom is -0.480 e. The minimum absolute atomic E-state index is 0.000617. The second-order valence-electron chi connectivity index (χ2n) is 8.80. The number of carbonyl (C=O) groups excluding carboxylic acids is 5. The molecule has 5 amide bonds. The van der Waals surface area contributed by atoms with Crippen molar-refractivity contribution >= 4 is 35.5 Å². The molecule has 5 atom stereocenters. The van der Waals surface area contributed by atoms with Crippen LogP contribution >= 0.6 is 0 Å². The van der Waals surface area contributed by atoms with Crippen LogP contribution in [-0.4, -0.2) is 64.8 Å². The van der Waals surface area contributed by atoms with E-state index in [1.54, 1.807) is 44.2 Å². The van der Waals surface area contributed by atoms with Crippen LogP contribution in [-0.2, 0) is 35.2 Å². The average Bonchev–Trinajstić information content (AvgIpc) is 2.84. The van der Waals surface area contributed by atoms with Gasteiger partial charge in [-0.15, -0.1) is 0 Å². The Labute approximate surface area is 214 Å². The van der Waals surface area contributed by atoms with Gasteiger partial charge in [-0.1, -0.05) is 50.6 Å². The summed E-state index contributed by atoms with van der Waals surface area (Å²) >= 11 is 0. The van der Waals surface area contributed by atoms with Crippen molar-refractivity contribution in [3.05, 3.63) is 35.9 Å². The van der Waals surface area contributed by atoms with Crippen molar-refractivity contribution < 1.29 is 33.9 Å². The number of carboxylic acid groups (broad SMARTS) is 1. The number of carboxylic acids is 1. The van der Waals surface area contributed by atoms with Gasteiger partial charge in [-0.05, 0) is 17.9 Å². The highest BCUT2D eigenvalue weighted by Crippen LogP contribution is 2.10. The number of hydrogen-bond acceptors (Lipinski definition) is 7. The number of benzene rings is 1. The van der Waals surface area contributed by atoms with Crippen LogP contribution in [0.4, 0.5) is 0 Å². The number of nitrogens with two attached hydrogens (primary N) is 3. The second kappa shape index (κ2) is 15.2. The number of carbonyl (C=O) groups is 6. The van der Waals surface area contributed by atoms with Gasteiger partial charge < -0.3 is 38.3 Å². The van der Waals surface area contributed by atoms with Gasteiger partial charge in [-0.2, -0.15) is 0 Å². The molecule has 13 nitrogen and oxygen atoms in total. The fourth-order valence-corrected chi connectivity index (χ4v) is 3.39. The molecule has 37 heavy (non-hydrogen) atoms. The van der Waals surface area contributed by atoms with Crippen LogP contribution in [0.2, 0.25) is 0 Å². The first-order chi connectivity index (χ1) is 17.3. The zero-order valence-corrected chi connectivity index (χ0v) is 20.9. The van der Waals surface area contributed by atoms with Crippen molar-refractivity contribution in [3.63, 3.8) is 0 Å². The van der Waals surface area contributed by atoms with Gasteiger partial charge in [-0.3, -0.25) is 24.0 Å². The van der Waals surface area contributed by atoms with Crippen LogP contribution in [0.15, 0.2) is 30.3 Å². The summed E-state index contributed by atoms with van der Waals surface area (Å²) in [6.45, 7) is 3.45. The molecule has 1 rings (SSSR count). The van der Waals surface area contributed by atoms with Crippen molar-refractivity contribution in [1.82, 2.24) is 16.0 Å². The third-order valence-corrected chi connectivity index (χ3v) is 5.77. The maximum absolute atomic E-state index is 13.1. The summed E-state index contributed by atoms with van der Waals surface area (Å²) in [4.78, 5) is 72.8. The van der Waals surface area contributed by atoms with E-state index in [9.17, 15) is 33.9 Å². The van der Waals surface area contributed by atoms with E-state index in [1.165, 1.54) is 0 Å². The van der Waals surface area contributed by atoms with Crippen molar-refractivity contribution in [2.24, 2.45) is 23.1 Å². The number of aliphatic carboxylic acids is 1.